The fourth-order valence-electron chi connectivity index (χ4n) is 4.02. The summed E-state index contributed by atoms with van der Waals surface area (Å²) in [5.41, 5.74) is 4.19. The Morgan fingerprint density at radius 2 is 2.07 bits per heavy atom. The number of rotatable bonds is 7. The smallest absolute Gasteiger partial charge is 0.228 e. The maximum atomic E-state index is 7.75. The van der Waals surface area contributed by atoms with Crippen LogP contribution in [0.1, 0.15) is 18.9 Å². The third-order valence-electron chi connectivity index (χ3n) is 5.57. The summed E-state index contributed by atoms with van der Waals surface area (Å²) in [7, 11) is 1.68. The van der Waals surface area contributed by atoms with E-state index in [1.165, 1.54) is 11.8 Å². The highest BCUT2D eigenvalue weighted by Crippen LogP contribution is 2.36. The largest absolute Gasteiger partial charge is 0.497 e. The summed E-state index contributed by atoms with van der Waals surface area (Å²) in [6.07, 6.45) is 5.37. The van der Waals surface area contributed by atoms with E-state index in [9.17, 15) is 0 Å². The fourth-order valence-corrected chi connectivity index (χ4v) is 4.02. The van der Waals surface area contributed by atoms with E-state index in [-0.39, 0.29) is 0 Å². The molecule has 0 bridgehead atoms. The Bertz CT molecular complexity index is 937. The lowest BCUT2D eigenvalue weighted by Crippen LogP contribution is -2.37. The predicted molar refractivity (Wildman–Crippen MR) is 120 cm³/mol. The molecule has 2 aromatic rings. The summed E-state index contributed by atoms with van der Waals surface area (Å²) >= 11 is 0. The molecule has 7 heteroatoms. The predicted octanol–water partition coefficient (Wildman–Crippen LogP) is 3.34. The van der Waals surface area contributed by atoms with Crippen molar-refractivity contribution in [2.45, 2.75) is 19.8 Å². The zero-order valence-corrected chi connectivity index (χ0v) is 17.7. The van der Waals surface area contributed by atoms with Crippen LogP contribution in [0.25, 0.3) is 11.3 Å². The number of nitrogens with one attached hydrogen (secondary N) is 1. The van der Waals surface area contributed by atoms with Crippen molar-refractivity contribution in [3.63, 3.8) is 0 Å². The zero-order valence-electron chi connectivity index (χ0n) is 17.7. The number of anilines is 2. The molecule has 0 atom stereocenters. The quantitative estimate of drug-likeness (QED) is 0.710. The third kappa shape index (κ3) is 4.16. The molecule has 1 aromatic carbocycles. The molecule has 0 spiro atoms. The Morgan fingerprint density at radius 1 is 1.23 bits per heavy atom. The summed E-state index contributed by atoms with van der Waals surface area (Å²) in [6.45, 7) is 6.63. The van der Waals surface area contributed by atoms with Crippen LogP contribution in [0.15, 0.2) is 35.9 Å². The van der Waals surface area contributed by atoms with Gasteiger partial charge in [-0.3, -0.25) is 0 Å². The number of benzene rings is 1. The zero-order chi connectivity index (χ0) is 20.9. The number of ether oxygens (including phenoxy) is 2. The highest BCUT2D eigenvalue weighted by atomic mass is 16.5. The lowest BCUT2D eigenvalue weighted by molar-refractivity contribution is 0.122. The standard InChI is InChI=1S/C23H29N5O2/c1-3-5-17(15-24)16-28-9-8-20-21(18-6-4-7-19(14-18)29-2)25-23(26-22(20)28)27-10-12-30-13-11-27/h4-7,14-15,24H,3,8-13,16H2,1-2H3/b17-5+,24-15?. The van der Waals surface area contributed by atoms with Crippen LogP contribution >= 0.6 is 0 Å². The molecule has 1 saturated heterocycles. The Labute approximate surface area is 177 Å². The molecule has 0 radical (unpaired) electrons. The summed E-state index contributed by atoms with van der Waals surface area (Å²) in [6, 6.07) is 8.07. The van der Waals surface area contributed by atoms with E-state index in [0.29, 0.717) is 19.8 Å². The second-order valence-corrected chi connectivity index (χ2v) is 7.51. The minimum absolute atomic E-state index is 0.690. The van der Waals surface area contributed by atoms with Gasteiger partial charge in [0.05, 0.1) is 26.0 Å². The van der Waals surface area contributed by atoms with E-state index < -0.39 is 0 Å². The number of methoxy groups -OCH3 is 1. The summed E-state index contributed by atoms with van der Waals surface area (Å²) in [4.78, 5) is 14.5. The normalized spacial score (nSPS) is 16.5. The molecule has 0 aliphatic carbocycles. The Kier molecular flexibility index (Phi) is 6.28. The van der Waals surface area contributed by atoms with Crippen molar-refractivity contribution in [2.75, 3.05) is 56.3 Å². The molecule has 4 rings (SSSR count). The number of hydrogen-bond acceptors (Lipinski definition) is 7. The van der Waals surface area contributed by atoms with Gasteiger partial charge in [-0.15, -0.1) is 0 Å². The molecule has 7 nitrogen and oxygen atoms in total. The van der Waals surface area contributed by atoms with Crippen LogP contribution in [0, 0.1) is 5.41 Å². The SMILES string of the molecule is CC/C=C(\C=N)CN1CCc2c(-c3cccc(OC)c3)nc(N3CCOCC3)nc21. The van der Waals surface area contributed by atoms with Gasteiger partial charge in [-0.2, -0.15) is 4.98 Å². The van der Waals surface area contributed by atoms with Crippen molar-refractivity contribution in [1.29, 1.82) is 5.41 Å². The van der Waals surface area contributed by atoms with Crippen molar-refractivity contribution in [3.8, 4) is 17.0 Å². The summed E-state index contributed by atoms with van der Waals surface area (Å²) in [5.74, 6) is 2.55. The number of hydrogen-bond donors (Lipinski definition) is 1. The van der Waals surface area contributed by atoms with Crippen molar-refractivity contribution in [1.82, 2.24) is 9.97 Å². The topological polar surface area (TPSA) is 74.6 Å². The minimum Gasteiger partial charge on any atom is -0.497 e. The van der Waals surface area contributed by atoms with Gasteiger partial charge in [0, 0.05) is 43.5 Å². The number of morpholine rings is 1. The van der Waals surface area contributed by atoms with Gasteiger partial charge < -0.3 is 24.7 Å². The second kappa shape index (κ2) is 9.26. The van der Waals surface area contributed by atoms with Crippen molar-refractivity contribution in [3.05, 3.63) is 41.5 Å². The molecule has 1 aromatic heterocycles. The number of allylic oxidation sites excluding steroid dienone is 1. The van der Waals surface area contributed by atoms with Crippen LogP contribution in [0.2, 0.25) is 0 Å². The average molecular weight is 408 g/mol. The molecular formula is C23H29N5O2. The Balaban J connectivity index is 1.78. The number of aromatic nitrogens is 2. The fraction of sp³-hybridized carbons (Fsp3) is 0.435. The van der Waals surface area contributed by atoms with Crippen molar-refractivity contribution in [2.24, 2.45) is 0 Å². The Morgan fingerprint density at radius 3 is 2.80 bits per heavy atom. The molecule has 2 aliphatic rings. The first-order valence-electron chi connectivity index (χ1n) is 10.6. The van der Waals surface area contributed by atoms with Crippen LogP contribution < -0.4 is 14.5 Å². The highest BCUT2D eigenvalue weighted by Gasteiger charge is 2.28. The molecule has 30 heavy (non-hydrogen) atoms. The molecule has 3 heterocycles. The maximum absolute atomic E-state index is 7.75. The molecular weight excluding hydrogens is 378 g/mol. The average Bonchev–Trinajstić information content (AvgIpc) is 3.21. The van der Waals surface area contributed by atoms with E-state index in [1.807, 2.05) is 18.2 Å². The first kappa shape index (κ1) is 20.3. The second-order valence-electron chi connectivity index (χ2n) is 7.51. The van der Waals surface area contributed by atoms with Gasteiger partial charge in [0.2, 0.25) is 5.95 Å². The van der Waals surface area contributed by atoms with E-state index in [2.05, 4.69) is 28.9 Å². The van der Waals surface area contributed by atoms with E-state index in [0.717, 1.165) is 66.8 Å². The van der Waals surface area contributed by atoms with Crippen LogP contribution in [0.3, 0.4) is 0 Å². The third-order valence-corrected chi connectivity index (χ3v) is 5.57. The maximum Gasteiger partial charge on any atom is 0.228 e. The molecule has 158 valence electrons. The molecule has 0 saturated carbocycles. The van der Waals surface area contributed by atoms with Crippen LogP contribution in [0.4, 0.5) is 11.8 Å². The first-order chi connectivity index (χ1) is 14.7. The van der Waals surface area contributed by atoms with Crippen LogP contribution in [0.5, 0.6) is 5.75 Å². The number of nitrogens with zero attached hydrogens (tertiary/aromatic N) is 4. The summed E-state index contributed by atoms with van der Waals surface area (Å²) in [5, 5.41) is 7.75. The number of fused-ring (bicyclic) bond motifs is 1. The van der Waals surface area contributed by atoms with Gasteiger partial charge in [-0.25, -0.2) is 4.98 Å². The minimum atomic E-state index is 0.690. The molecule has 0 unspecified atom stereocenters. The van der Waals surface area contributed by atoms with Gasteiger partial charge >= 0.3 is 0 Å². The van der Waals surface area contributed by atoms with Gasteiger partial charge in [-0.1, -0.05) is 25.1 Å². The van der Waals surface area contributed by atoms with Crippen molar-refractivity contribution >= 4 is 18.0 Å². The lowest BCUT2D eigenvalue weighted by Gasteiger charge is -2.28. The van der Waals surface area contributed by atoms with Crippen LogP contribution in [-0.4, -0.2) is 62.7 Å². The van der Waals surface area contributed by atoms with E-state index >= 15 is 0 Å². The van der Waals surface area contributed by atoms with Gasteiger partial charge in [-0.05, 0) is 30.5 Å². The van der Waals surface area contributed by atoms with Crippen molar-refractivity contribution < 1.29 is 9.47 Å². The lowest BCUT2D eigenvalue weighted by atomic mass is 10.1. The van der Waals surface area contributed by atoms with Crippen LogP contribution in [-0.2, 0) is 11.2 Å². The van der Waals surface area contributed by atoms with E-state index in [4.69, 9.17) is 24.9 Å². The molecule has 1 N–H and O–H groups in total. The Hall–Kier alpha value is -2.93. The first-order valence-corrected chi connectivity index (χ1v) is 10.6. The molecule has 2 aliphatic heterocycles. The van der Waals surface area contributed by atoms with Gasteiger partial charge in [0.15, 0.2) is 0 Å². The molecule has 1 fully saturated rings. The monoisotopic (exact) mass is 407 g/mol. The molecule has 0 amide bonds. The van der Waals surface area contributed by atoms with Gasteiger partial charge in [0.1, 0.15) is 11.6 Å². The highest BCUT2D eigenvalue weighted by molar-refractivity contribution is 5.79. The van der Waals surface area contributed by atoms with Gasteiger partial charge in [0.25, 0.3) is 0 Å². The summed E-state index contributed by atoms with van der Waals surface area (Å²) < 4.78 is 11.0. The van der Waals surface area contributed by atoms with E-state index in [1.54, 1.807) is 7.11 Å².